The Kier molecular flexibility index (Phi) is 2.69. The molecule has 7 heteroatoms. The van der Waals surface area contributed by atoms with Crippen LogP contribution in [0.3, 0.4) is 0 Å². The summed E-state index contributed by atoms with van der Waals surface area (Å²) in [7, 11) is 0. The average molecular weight is 265 g/mol. The highest BCUT2D eigenvalue weighted by Crippen LogP contribution is 2.26. The minimum Gasteiger partial charge on any atom is -0.368 e. The molecule has 7 nitrogen and oxygen atoms in total. The molecule has 0 atom stereocenters. The van der Waals surface area contributed by atoms with Crippen LogP contribution in [0.5, 0.6) is 0 Å². The summed E-state index contributed by atoms with van der Waals surface area (Å²) >= 11 is 0. The van der Waals surface area contributed by atoms with Crippen molar-refractivity contribution in [2.45, 2.75) is 6.92 Å². The second-order valence-electron chi connectivity index (χ2n) is 4.30. The van der Waals surface area contributed by atoms with Crippen molar-refractivity contribution < 1.29 is 0 Å². The summed E-state index contributed by atoms with van der Waals surface area (Å²) in [6.07, 6.45) is 1.61. The Balaban J connectivity index is 2.13. The van der Waals surface area contributed by atoms with Crippen LogP contribution in [0.2, 0.25) is 0 Å². The number of aromatic nitrogens is 4. The Bertz CT molecular complexity index is 828. The van der Waals surface area contributed by atoms with Gasteiger partial charge in [-0.05, 0) is 18.6 Å². The Morgan fingerprint density at radius 2 is 2.20 bits per heavy atom. The fourth-order valence-corrected chi connectivity index (χ4v) is 2.00. The molecule has 98 valence electrons. The number of hydrogen-bond donors (Lipinski definition) is 3. The van der Waals surface area contributed by atoms with E-state index in [-0.39, 0.29) is 5.95 Å². The van der Waals surface area contributed by atoms with Gasteiger partial charge in [0.15, 0.2) is 5.65 Å². The third-order valence-electron chi connectivity index (χ3n) is 2.96. The molecular formula is C13H11N7. The molecule has 0 amide bonds. The maximum Gasteiger partial charge on any atom is 0.224 e. The van der Waals surface area contributed by atoms with Crippen LogP contribution in [-0.4, -0.2) is 20.2 Å². The molecule has 0 radical (unpaired) electrons. The predicted octanol–water partition coefficient (Wildman–Crippen LogP) is 1.86. The van der Waals surface area contributed by atoms with Crippen molar-refractivity contribution in [3.05, 3.63) is 35.5 Å². The average Bonchev–Trinajstić information content (AvgIpc) is 2.87. The fourth-order valence-electron chi connectivity index (χ4n) is 2.00. The van der Waals surface area contributed by atoms with E-state index in [4.69, 9.17) is 5.73 Å². The summed E-state index contributed by atoms with van der Waals surface area (Å²) in [6.45, 7) is 1.88. The number of nitrogen functional groups attached to an aromatic ring is 1. The maximum atomic E-state index is 9.24. The largest absolute Gasteiger partial charge is 0.368 e. The zero-order chi connectivity index (χ0) is 14.1. The maximum absolute atomic E-state index is 9.24. The number of nitriles is 1. The van der Waals surface area contributed by atoms with Gasteiger partial charge in [0.2, 0.25) is 5.95 Å². The molecule has 2 aromatic heterocycles. The third kappa shape index (κ3) is 1.89. The zero-order valence-electron chi connectivity index (χ0n) is 10.7. The Morgan fingerprint density at radius 3 is 3.00 bits per heavy atom. The van der Waals surface area contributed by atoms with Crippen molar-refractivity contribution in [2.24, 2.45) is 0 Å². The van der Waals surface area contributed by atoms with Crippen LogP contribution < -0.4 is 11.1 Å². The van der Waals surface area contributed by atoms with Crippen molar-refractivity contribution in [2.75, 3.05) is 11.1 Å². The van der Waals surface area contributed by atoms with Crippen molar-refractivity contribution in [1.29, 1.82) is 5.26 Å². The summed E-state index contributed by atoms with van der Waals surface area (Å²) in [5, 5.41) is 19.7. The number of H-pyrrole nitrogens is 1. The lowest BCUT2D eigenvalue weighted by Gasteiger charge is -2.10. The minimum atomic E-state index is 0.135. The molecule has 0 spiro atoms. The van der Waals surface area contributed by atoms with Gasteiger partial charge in [-0.3, -0.25) is 5.10 Å². The van der Waals surface area contributed by atoms with Gasteiger partial charge < -0.3 is 11.1 Å². The van der Waals surface area contributed by atoms with E-state index in [1.165, 1.54) is 0 Å². The van der Waals surface area contributed by atoms with Gasteiger partial charge in [0, 0.05) is 0 Å². The predicted molar refractivity (Wildman–Crippen MR) is 75.3 cm³/mol. The molecule has 4 N–H and O–H groups in total. The monoisotopic (exact) mass is 265 g/mol. The Labute approximate surface area is 114 Å². The first-order valence-electron chi connectivity index (χ1n) is 5.92. The first-order valence-corrected chi connectivity index (χ1v) is 5.92. The van der Waals surface area contributed by atoms with Crippen LogP contribution in [0.4, 0.5) is 17.5 Å². The van der Waals surface area contributed by atoms with E-state index >= 15 is 0 Å². The van der Waals surface area contributed by atoms with Crippen molar-refractivity contribution in [1.82, 2.24) is 20.2 Å². The van der Waals surface area contributed by atoms with Gasteiger partial charge >= 0.3 is 0 Å². The molecule has 0 aliphatic carbocycles. The summed E-state index contributed by atoms with van der Waals surface area (Å²) in [5.74, 6) is 0.652. The van der Waals surface area contributed by atoms with Crippen LogP contribution in [0.15, 0.2) is 24.4 Å². The summed E-state index contributed by atoms with van der Waals surface area (Å²) in [5.41, 5.74) is 8.35. The van der Waals surface area contributed by atoms with Gasteiger partial charge in [0.05, 0.1) is 22.8 Å². The molecule has 0 saturated carbocycles. The number of rotatable bonds is 2. The Hall–Kier alpha value is -3.14. The summed E-state index contributed by atoms with van der Waals surface area (Å²) in [6, 6.07) is 7.75. The van der Waals surface area contributed by atoms with Crippen LogP contribution in [0, 0.1) is 18.3 Å². The number of aromatic amines is 1. The van der Waals surface area contributed by atoms with E-state index < -0.39 is 0 Å². The van der Waals surface area contributed by atoms with Gasteiger partial charge in [-0.2, -0.15) is 20.3 Å². The van der Waals surface area contributed by atoms with Crippen LogP contribution in [0.25, 0.3) is 11.0 Å². The lowest BCUT2D eigenvalue weighted by molar-refractivity contribution is 1.09. The number of nitrogens with zero attached hydrogens (tertiary/aromatic N) is 4. The molecule has 0 unspecified atom stereocenters. The van der Waals surface area contributed by atoms with E-state index in [1.807, 2.05) is 25.1 Å². The van der Waals surface area contributed by atoms with Gasteiger partial charge in [-0.15, -0.1) is 0 Å². The summed E-state index contributed by atoms with van der Waals surface area (Å²) in [4.78, 5) is 8.20. The number of aryl methyl sites for hydroxylation is 1. The molecule has 0 aliphatic rings. The number of benzene rings is 1. The lowest BCUT2D eigenvalue weighted by atomic mass is 10.1. The quantitative estimate of drug-likeness (QED) is 0.651. The van der Waals surface area contributed by atoms with Gasteiger partial charge in [0.1, 0.15) is 11.9 Å². The number of anilines is 3. The molecule has 0 saturated heterocycles. The second kappa shape index (κ2) is 4.51. The van der Waals surface area contributed by atoms with E-state index in [2.05, 4.69) is 31.6 Å². The first kappa shape index (κ1) is 11.9. The van der Waals surface area contributed by atoms with Crippen molar-refractivity contribution in [3.63, 3.8) is 0 Å². The number of nitrogens with one attached hydrogen (secondary N) is 2. The third-order valence-corrected chi connectivity index (χ3v) is 2.96. The van der Waals surface area contributed by atoms with E-state index in [1.54, 1.807) is 6.20 Å². The molecule has 3 rings (SSSR count). The molecule has 1 aromatic carbocycles. The molecule has 20 heavy (non-hydrogen) atoms. The van der Waals surface area contributed by atoms with E-state index in [0.29, 0.717) is 28.1 Å². The normalized spacial score (nSPS) is 10.4. The highest BCUT2D eigenvalue weighted by atomic mass is 15.2. The van der Waals surface area contributed by atoms with Gasteiger partial charge in [-0.1, -0.05) is 12.1 Å². The zero-order valence-corrected chi connectivity index (χ0v) is 10.7. The molecular weight excluding hydrogens is 254 g/mol. The molecule has 0 bridgehead atoms. The van der Waals surface area contributed by atoms with Crippen LogP contribution in [0.1, 0.15) is 11.1 Å². The Morgan fingerprint density at radius 1 is 1.35 bits per heavy atom. The number of fused-ring (bicyclic) bond motifs is 1. The highest BCUT2D eigenvalue weighted by molar-refractivity contribution is 5.89. The molecule has 0 aliphatic heterocycles. The minimum absolute atomic E-state index is 0.135. The van der Waals surface area contributed by atoms with Crippen LogP contribution in [-0.2, 0) is 0 Å². The SMILES string of the molecule is Cc1cccc(Nc2nc(N)nc3[nH]ncc23)c1C#N. The summed E-state index contributed by atoms with van der Waals surface area (Å²) < 4.78 is 0. The topological polar surface area (TPSA) is 116 Å². The number of hydrogen-bond acceptors (Lipinski definition) is 6. The van der Waals surface area contributed by atoms with Crippen molar-refractivity contribution >= 4 is 28.5 Å². The highest BCUT2D eigenvalue weighted by Gasteiger charge is 2.11. The second-order valence-corrected chi connectivity index (χ2v) is 4.30. The fraction of sp³-hybridized carbons (Fsp3) is 0.0769. The molecule has 0 fully saturated rings. The van der Waals surface area contributed by atoms with Gasteiger partial charge in [0.25, 0.3) is 0 Å². The number of nitrogens with two attached hydrogens (primary N) is 1. The van der Waals surface area contributed by atoms with E-state index in [0.717, 1.165) is 5.56 Å². The molecule has 3 aromatic rings. The smallest absolute Gasteiger partial charge is 0.224 e. The lowest BCUT2D eigenvalue weighted by Crippen LogP contribution is -2.02. The van der Waals surface area contributed by atoms with Gasteiger partial charge in [-0.25, -0.2) is 0 Å². The van der Waals surface area contributed by atoms with Crippen molar-refractivity contribution in [3.8, 4) is 6.07 Å². The molecule has 2 heterocycles. The van der Waals surface area contributed by atoms with Crippen LogP contribution >= 0.6 is 0 Å². The standard InChI is InChI=1S/C13H11N7/c1-7-3-2-4-10(8(7)5-14)17-11-9-6-16-20-12(9)19-13(15)18-11/h2-4,6H,1H3,(H4,15,16,17,18,19,20). The first-order chi connectivity index (χ1) is 9.69. The van der Waals surface area contributed by atoms with E-state index in [9.17, 15) is 5.26 Å².